The molecule has 0 spiro atoms. The molecule has 0 unspecified atom stereocenters. The van der Waals surface area contributed by atoms with Crippen molar-refractivity contribution >= 4 is 11.4 Å². The molecule has 1 aliphatic rings. The maximum Gasteiger partial charge on any atom is 0.139 e. The normalized spacial score (nSPS) is 11.5. The monoisotopic (exact) mass is 214 g/mol. The van der Waals surface area contributed by atoms with Crippen LogP contribution in [0.1, 0.15) is 0 Å². The fourth-order valence-corrected chi connectivity index (χ4v) is 2.10. The first kappa shape index (κ1) is 8.91. The van der Waals surface area contributed by atoms with Gasteiger partial charge in [0.2, 0.25) is 0 Å². The fourth-order valence-electron chi connectivity index (χ4n) is 2.10. The predicted molar refractivity (Wildman–Crippen MR) is 60.4 cm³/mol. The van der Waals surface area contributed by atoms with Gasteiger partial charge in [-0.1, -0.05) is 0 Å². The first-order valence-corrected chi connectivity index (χ1v) is 4.84. The zero-order chi connectivity index (χ0) is 11.4. The molecule has 0 radical (unpaired) electrons. The molecule has 3 rings (SSSR count). The van der Waals surface area contributed by atoms with E-state index in [0.717, 1.165) is 20.9 Å². The SMILES string of the molecule is Nc1cc2c(cc1O)=c1ccc(O)c(N)c1=2. The highest BCUT2D eigenvalue weighted by molar-refractivity contribution is 5.60. The third-order valence-electron chi connectivity index (χ3n) is 2.95. The number of hydrogen-bond acceptors (Lipinski definition) is 4. The molecule has 0 aromatic heterocycles. The van der Waals surface area contributed by atoms with E-state index in [1.165, 1.54) is 0 Å². The summed E-state index contributed by atoms with van der Waals surface area (Å²) in [5.41, 5.74) is 12.1. The molecule has 0 atom stereocenters. The summed E-state index contributed by atoms with van der Waals surface area (Å²) in [4.78, 5) is 0. The number of nitrogens with two attached hydrogens (primary N) is 2. The number of hydrogen-bond donors (Lipinski definition) is 4. The van der Waals surface area contributed by atoms with Crippen molar-refractivity contribution < 1.29 is 10.2 Å². The van der Waals surface area contributed by atoms with Crippen LogP contribution in [0.5, 0.6) is 11.5 Å². The molecule has 4 nitrogen and oxygen atoms in total. The summed E-state index contributed by atoms with van der Waals surface area (Å²) < 4.78 is 0. The summed E-state index contributed by atoms with van der Waals surface area (Å²) in [5, 5.41) is 22.5. The van der Waals surface area contributed by atoms with Crippen LogP contribution in [0.2, 0.25) is 0 Å². The average Bonchev–Trinajstić information content (AvgIpc) is 2.25. The standard InChI is InChI=1S/C12H10N2O2/c13-8-3-7-6(4-10(8)16)5-1-2-9(15)12(14)11(5)7/h1-4,15-16H,13-14H2. The van der Waals surface area contributed by atoms with E-state index in [-0.39, 0.29) is 11.5 Å². The van der Waals surface area contributed by atoms with E-state index in [9.17, 15) is 10.2 Å². The highest BCUT2D eigenvalue weighted by Crippen LogP contribution is 2.30. The van der Waals surface area contributed by atoms with Crippen molar-refractivity contribution in [2.45, 2.75) is 0 Å². The van der Waals surface area contributed by atoms with Crippen LogP contribution in [0, 0.1) is 20.9 Å². The number of anilines is 2. The van der Waals surface area contributed by atoms with E-state index < -0.39 is 0 Å². The summed E-state index contributed by atoms with van der Waals surface area (Å²) in [7, 11) is 0. The number of phenols is 2. The molecule has 2 aromatic carbocycles. The lowest BCUT2D eigenvalue weighted by Gasteiger charge is -2.10. The van der Waals surface area contributed by atoms with Gasteiger partial charge >= 0.3 is 0 Å². The zero-order valence-electron chi connectivity index (χ0n) is 8.36. The topological polar surface area (TPSA) is 92.5 Å². The van der Waals surface area contributed by atoms with Crippen LogP contribution in [0.4, 0.5) is 11.4 Å². The van der Waals surface area contributed by atoms with Gasteiger partial charge in [-0.15, -0.1) is 0 Å². The van der Waals surface area contributed by atoms with Crippen molar-refractivity contribution in [2.75, 3.05) is 11.5 Å². The van der Waals surface area contributed by atoms with E-state index in [4.69, 9.17) is 11.5 Å². The lowest BCUT2D eigenvalue weighted by Crippen LogP contribution is -1.99. The lowest BCUT2D eigenvalue weighted by atomic mass is 9.99. The number of phenolic OH excluding ortho intramolecular Hbond substituents is 2. The van der Waals surface area contributed by atoms with Gasteiger partial charge in [0.15, 0.2) is 0 Å². The second kappa shape index (κ2) is 2.61. The molecule has 1 aliphatic carbocycles. The molecule has 0 heterocycles. The first-order valence-electron chi connectivity index (χ1n) is 4.84. The highest BCUT2D eigenvalue weighted by Gasteiger charge is 2.10. The van der Waals surface area contributed by atoms with E-state index in [0.29, 0.717) is 11.4 Å². The Kier molecular flexibility index (Phi) is 1.45. The minimum absolute atomic E-state index is 0.0658. The maximum atomic E-state index is 9.50. The van der Waals surface area contributed by atoms with Crippen LogP contribution in [0.15, 0.2) is 24.3 Å². The summed E-state index contributed by atoms with van der Waals surface area (Å²) >= 11 is 0. The van der Waals surface area contributed by atoms with Gasteiger partial charge in [-0.05, 0) is 39.9 Å². The maximum absolute atomic E-state index is 9.50. The van der Waals surface area contributed by atoms with E-state index in [1.807, 2.05) is 0 Å². The predicted octanol–water partition coefficient (Wildman–Crippen LogP) is 1.15. The molecule has 16 heavy (non-hydrogen) atoms. The van der Waals surface area contributed by atoms with Crippen molar-refractivity contribution in [2.24, 2.45) is 0 Å². The van der Waals surface area contributed by atoms with Crippen LogP contribution in [0.3, 0.4) is 0 Å². The third kappa shape index (κ3) is 0.883. The Labute approximate surface area is 90.4 Å². The zero-order valence-corrected chi connectivity index (χ0v) is 8.36. The van der Waals surface area contributed by atoms with Gasteiger partial charge in [0.1, 0.15) is 11.5 Å². The van der Waals surface area contributed by atoms with Crippen LogP contribution in [-0.2, 0) is 0 Å². The summed E-state index contributed by atoms with van der Waals surface area (Å²) in [6.07, 6.45) is 0. The molecule has 0 bridgehead atoms. The Morgan fingerprint density at radius 3 is 2.31 bits per heavy atom. The van der Waals surface area contributed by atoms with Gasteiger partial charge in [0.25, 0.3) is 0 Å². The van der Waals surface area contributed by atoms with Crippen molar-refractivity contribution in [1.82, 2.24) is 0 Å². The number of benzene rings is 2. The fraction of sp³-hybridized carbons (Fsp3) is 0. The molecular weight excluding hydrogens is 204 g/mol. The van der Waals surface area contributed by atoms with Crippen LogP contribution in [0.25, 0.3) is 0 Å². The molecule has 4 heteroatoms. The molecular formula is C12H10N2O2. The van der Waals surface area contributed by atoms with Crippen LogP contribution >= 0.6 is 0 Å². The number of aromatic hydroxyl groups is 2. The molecule has 6 N–H and O–H groups in total. The van der Waals surface area contributed by atoms with Crippen molar-refractivity contribution in [1.29, 1.82) is 0 Å². The minimum Gasteiger partial charge on any atom is -0.506 e. The first-order chi connectivity index (χ1) is 7.59. The average molecular weight is 214 g/mol. The smallest absolute Gasteiger partial charge is 0.139 e. The third-order valence-corrected chi connectivity index (χ3v) is 2.95. The van der Waals surface area contributed by atoms with Crippen LogP contribution < -0.4 is 11.5 Å². The second-order valence-corrected chi connectivity index (χ2v) is 3.88. The molecule has 0 aliphatic heterocycles. The molecule has 2 aromatic rings. The Balaban J connectivity index is 2.61. The second-order valence-electron chi connectivity index (χ2n) is 3.88. The number of fused-ring (bicyclic) bond motifs is 2. The van der Waals surface area contributed by atoms with Gasteiger partial charge in [-0.3, -0.25) is 0 Å². The van der Waals surface area contributed by atoms with E-state index in [2.05, 4.69) is 0 Å². The molecule has 80 valence electrons. The van der Waals surface area contributed by atoms with Crippen molar-refractivity contribution in [3.8, 4) is 11.5 Å². The van der Waals surface area contributed by atoms with E-state index >= 15 is 0 Å². The van der Waals surface area contributed by atoms with Gasteiger partial charge < -0.3 is 21.7 Å². The Morgan fingerprint density at radius 2 is 1.56 bits per heavy atom. The summed E-state index contributed by atoms with van der Waals surface area (Å²) in [6, 6.07) is 6.61. The number of rotatable bonds is 0. The van der Waals surface area contributed by atoms with Gasteiger partial charge in [-0.25, -0.2) is 0 Å². The minimum atomic E-state index is 0.0658. The van der Waals surface area contributed by atoms with Gasteiger partial charge in [-0.2, -0.15) is 0 Å². The Hall–Kier alpha value is -2.36. The molecule has 0 amide bonds. The lowest BCUT2D eigenvalue weighted by molar-refractivity contribution is 0.476. The van der Waals surface area contributed by atoms with Gasteiger partial charge in [0, 0.05) is 5.22 Å². The summed E-state index contributed by atoms with van der Waals surface area (Å²) in [5.74, 6) is 0.132. The van der Waals surface area contributed by atoms with Crippen molar-refractivity contribution in [3.05, 3.63) is 45.1 Å². The van der Waals surface area contributed by atoms with E-state index in [1.54, 1.807) is 24.3 Å². The van der Waals surface area contributed by atoms with Gasteiger partial charge in [0.05, 0.1) is 11.4 Å². The van der Waals surface area contributed by atoms with Crippen LogP contribution in [-0.4, -0.2) is 10.2 Å². The molecule has 0 saturated carbocycles. The van der Waals surface area contributed by atoms with Crippen molar-refractivity contribution in [3.63, 3.8) is 0 Å². The Bertz CT molecular complexity index is 797. The Morgan fingerprint density at radius 1 is 0.812 bits per heavy atom. The highest BCUT2D eigenvalue weighted by atomic mass is 16.3. The summed E-state index contributed by atoms with van der Waals surface area (Å²) in [6.45, 7) is 0. The quantitative estimate of drug-likeness (QED) is 0.333. The number of nitrogen functional groups attached to an aromatic ring is 2. The molecule has 0 fully saturated rings. The molecule has 0 saturated heterocycles. The largest absolute Gasteiger partial charge is 0.506 e.